The summed E-state index contributed by atoms with van der Waals surface area (Å²) in [7, 11) is 0. The van der Waals surface area contributed by atoms with Crippen LogP contribution in [0.15, 0.2) is 45.6 Å². The first-order valence-corrected chi connectivity index (χ1v) is 10.7. The van der Waals surface area contributed by atoms with Crippen molar-refractivity contribution >= 4 is 21.7 Å². The molecule has 0 aliphatic heterocycles. The van der Waals surface area contributed by atoms with Gasteiger partial charge in [0.15, 0.2) is 0 Å². The predicted molar refractivity (Wildman–Crippen MR) is 116 cm³/mol. The van der Waals surface area contributed by atoms with Crippen LogP contribution in [0.2, 0.25) is 0 Å². The van der Waals surface area contributed by atoms with Gasteiger partial charge in [-0.25, -0.2) is 4.79 Å². The largest absolute Gasteiger partial charge is 0.422 e. The lowest BCUT2D eigenvalue weighted by molar-refractivity contribution is 0.568. The van der Waals surface area contributed by atoms with E-state index in [9.17, 15) is 4.79 Å². The zero-order chi connectivity index (χ0) is 19.1. The van der Waals surface area contributed by atoms with Crippen molar-refractivity contribution in [3.05, 3.63) is 57.9 Å². The lowest BCUT2D eigenvalue weighted by Crippen LogP contribution is -2.04. The van der Waals surface area contributed by atoms with Gasteiger partial charge < -0.3 is 4.42 Å². The molecule has 0 aliphatic carbocycles. The van der Waals surface area contributed by atoms with Crippen molar-refractivity contribution in [2.75, 3.05) is 0 Å². The molecule has 1 heterocycles. The molecule has 0 bridgehead atoms. The fraction of sp³-hybridized carbons (Fsp3) is 0.480. The normalized spacial score (nSPS) is 11.5. The summed E-state index contributed by atoms with van der Waals surface area (Å²) in [6.07, 6.45) is 12.0. The summed E-state index contributed by atoms with van der Waals surface area (Å²) < 4.78 is 5.68. The lowest BCUT2D eigenvalue weighted by atomic mass is 9.97. The summed E-state index contributed by atoms with van der Waals surface area (Å²) in [6, 6.07) is 12.6. The molecule has 3 rings (SSSR count). The van der Waals surface area contributed by atoms with E-state index in [0.29, 0.717) is 5.58 Å². The second kappa shape index (κ2) is 9.73. The Morgan fingerprint density at radius 1 is 0.778 bits per heavy atom. The smallest absolute Gasteiger partial charge is 0.344 e. The predicted octanol–water partition coefficient (Wildman–Crippen LogP) is 7.19. The second-order valence-electron chi connectivity index (χ2n) is 7.68. The van der Waals surface area contributed by atoms with Gasteiger partial charge in [0, 0.05) is 10.8 Å². The molecule has 1 aromatic heterocycles. The second-order valence-corrected chi connectivity index (χ2v) is 7.68. The molecule has 0 fully saturated rings. The molecule has 0 amide bonds. The molecule has 0 N–H and O–H groups in total. The van der Waals surface area contributed by atoms with Crippen LogP contribution in [0.5, 0.6) is 0 Å². The van der Waals surface area contributed by atoms with E-state index < -0.39 is 0 Å². The van der Waals surface area contributed by atoms with Crippen LogP contribution in [0.25, 0.3) is 21.7 Å². The van der Waals surface area contributed by atoms with E-state index in [2.05, 4.69) is 44.2 Å². The first-order chi connectivity index (χ1) is 13.2. The van der Waals surface area contributed by atoms with Gasteiger partial charge in [0.05, 0.1) is 5.39 Å². The van der Waals surface area contributed by atoms with E-state index in [1.807, 2.05) is 6.07 Å². The SMILES string of the molecule is CCCCCCCc1ccc2oc(=O)c3c(CCCCC)cccc3c2c1. The van der Waals surface area contributed by atoms with Crippen LogP contribution >= 0.6 is 0 Å². The minimum absolute atomic E-state index is 0.197. The van der Waals surface area contributed by atoms with Crippen LogP contribution in [0, 0.1) is 0 Å². The number of benzene rings is 2. The van der Waals surface area contributed by atoms with Crippen LogP contribution in [0.1, 0.15) is 76.3 Å². The maximum atomic E-state index is 12.6. The highest BCUT2D eigenvalue weighted by Crippen LogP contribution is 2.27. The average molecular weight is 365 g/mol. The van der Waals surface area contributed by atoms with Crippen LogP contribution in [-0.2, 0) is 12.8 Å². The quantitative estimate of drug-likeness (QED) is 0.216. The minimum atomic E-state index is -0.197. The highest BCUT2D eigenvalue weighted by molar-refractivity contribution is 6.05. The Hall–Kier alpha value is -2.09. The van der Waals surface area contributed by atoms with Crippen LogP contribution in [-0.4, -0.2) is 0 Å². The Kier molecular flexibility index (Phi) is 7.09. The maximum Gasteiger partial charge on any atom is 0.344 e. The molecule has 3 aromatic rings. The molecule has 27 heavy (non-hydrogen) atoms. The van der Waals surface area contributed by atoms with E-state index in [1.165, 1.54) is 50.5 Å². The number of hydrogen-bond acceptors (Lipinski definition) is 2. The third kappa shape index (κ3) is 4.80. The first-order valence-electron chi connectivity index (χ1n) is 10.7. The third-order valence-electron chi connectivity index (χ3n) is 5.51. The molecule has 0 unspecified atom stereocenters. The van der Waals surface area contributed by atoms with E-state index in [-0.39, 0.29) is 5.63 Å². The van der Waals surface area contributed by atoms with E-state index in [4.69, 9.17) is 4.42 Å². The zero-order valence-electron chi connectivity index (χ0n) is 16.9. The van der Waals surface area contributed by atoms with Crippen molar-refractivity contribution in [3.63, 3.8) is 0 Å². The standard InChI is InChI=1S/C25H32O2/c1-3-5-7-8-10-12-19-16-17-23-22(18-19)21-15-11-14-20(13-9-6-4-2)24(21)25(26)27-23/h11,14-18H,3-10,12-13H2,1-2H3. The molecule has 2 nitrogen and oxygen atoms in total. The Labute approximate surface area is 162 Å². The molecule has 0 saturated carbocycles. The van der Waals surface area contributed by atoms with Gasteiger partial charge in [-0.05, 0) is 48.9 Å². The maximum absolute atomic E-state index is 12.6. The van der Waals surface area contributed by atoms with Gasteiger partial charge in [-0.15, -0.1) is 0 Å². The van der Waals surface area contributed by atoms with Crippen molar-refractivity contribution in [3.8, 4) is 0 Å². The van der Waals surface area contributed by atoms with Crippen LogP contribution in [0.3, 0.4) is 0 Å². The Morgan fingerprint density at radius 2 is 1.52 bits per heavy atom. The molecule has 2 heteroatoms. The van der Waals surface area contributed by atoms with Crippen molar-refractivity contribution in [2.24, 2.45) is 0 Å². The molecule has 144 valence electrons. The van der Waals surface area contributed by atoms with Crippen molar-refractivity contribution in [1.29, 1.82) is 0 Å². The average Bonchev–Trinajstić information content (AvgIpc) is 2.68. The fourth-order valence-corrected chi connectivity index (χ4v) is 3.96. The van der Waals surface area contributed by atoms with Gasteiger partial charge in [0.25, 0.3) is 0 Å². The summed E-state index contributed by atoms with van der Waals surface area (Å²) in [5.41, 5.74) is 2.97. The highest BCUT2D eigenvalue weighted by Gasteiger charge is 2.11. The molecule has 2 aromatic carbocycles. The van der Waals surface area contributed by atoms with Gasteiger partial charge in [-0.1, -0.05) is 76.6 Å². The number of hydrogen-bond donors (Lipinski definition) is 0. The number of aryl methyl sites for hydroxylation is 2. The van der Waals surface area contributed by atoms with E-state index >= 15 is 0 Å². The zero-order valence-corrected chi connectivity index (χ0v) is 16.9. The van der Waals surface area contributed by atoms with E-state index in [0.717, 1.165) is 41.0 Å². The summed E-state index contributed by atoms with van der Waals surface area (Å²) in [6.45, 7) is 4.45. The summed E-state index contributed by atoms with van der Waals surface area (Å²) >= 11 is 0. The number of rotatable bonds is 10. The monoisotopic (exact) mass is 364 g/mol. The van der Waals surface area contributed by atoms with Crippen molar-refractivity contribution < 1.29 is 4.42 Å². The fourth-order valence-electron chi connectivity index (χ4n) is 3.96. The van der Waals surface area contributed by atoms with Crippen LogP contribution < -0.4 is 5.63 Å². The molecule has 0 aliphatic rings. The van der Waals surface area contributed by atoms with Crippen molar-refractivity contribution in [2.45, 2.75) is 78.1 Å². The summed E-state index contributed by atoms with van der Waals surface area (Å²) in [5, 5.41) is 2.90. The Morgan fingerprint density at radius 3 is 2.33 bits per heavy atom. The number of unbranched alkanes of at least 4 members (excludes halogenated alkanes) is 6. The first kappa shape index (κ1) is 19.7. The van der Waals surface area contributed by atoms with Gasteiger partial charge >= 0.3 is 5.63 Å². The highest BCUT2D eigenvalue weighted by atomic mass is 16.4. The third-order valence-corrected chi connectivity index (χ3v) is 5.51. The molecular formula is C25H32O2. The number of fused-ring (bicyclic) bond motifs is 3. The summed E-state index contributed by atoms with van der Waals surface area (Å²) in [5.74, 6) is 0. The minimum Gasteiger partial charge on any atom is -0.422 e. The lowest BCUT2D eigenvalue weighted by Gasteiger charge is -2.09. The summed E-state index contributed by atoms with van der Waals surface area (Å²) in [4.78, 5) is 12.6. The molecular weight excluding hydrogens is 332 g/mol. The van der Waals surface area contributed by atoms with Gasteiger partial charge in [-0.3, -0.25) is 0 Å². The Balaban J connectivity index is 1.92. The molecule has 0 atom stereocenters. The molecule has 0 saturated heterocycles. The van der Waals surface area contributed by atoms with E-state index in [1.54, 1.807) is 0 Å². The van der Waals surface area contributed by atoms with Crippen LogP contribution in [0.4, 0.5) is 0 Å². The topological polar surface area (TPSA) is 30.2 Å². The van der Waals surface area contributed by atoms with Gasteiger partial charge in [0.1, 0.15) is 5.58 Å². The van der Waals surface area contributed by atoms with Crippen molar-refractivity contribution in [1.82, 2.24) is 0 Å². The van der Waals surface area contributed by atoms with Gasteiger partial charge in [0.2, 0.25) is 0 Å². The molecule has 0 radical (unpaired) electrons. The van der Waals surface area contributed by atoms with Gasteiger partial charge in [-0.2, -0.15) is 0 Å². The molecule has 0 spiro atoms. The Bertz CT molecular complexity index is 936.